The molecule has 0 aliphatic rings. The monoisotopic (exact) mass is 262 g/mol. The molecule has 0 aliphatic carbocycles. The van der Waals surface area contributed by atoms with Gasteiger partial charge in [0.2, 0.25) is 0 Å². The number of nitrogens with one attached hydrogen (secondary N) is 1. The number of hydrogen-bond donors (Lipinski definition) is 2. The van der Waals surface area contributed by atoms with E-state index in [9.17, 15) is 9.59 Å². The van der Waals surface area contributed by atoms with Gasteiger partial charge in [0, 0.05) is 0 Å². The van der Waals surface area contributed by atoms with Crippen LogP contribution in [0.15, 0.2) is 16.1 Å². The van der Waals surface area contributed by atoms with Crippen LogP contribution in [0.3, 0.4) is 0 Å². The lowest BCUT2D eigenvalue weighted by molar-refractivity contribution is -0.137. The Balaban J connectivity index is 2.99. The molecule has 1 atom stereocenters. The molecular weight excluding hydrogens is 252 g/mol. The summed E-state index contributed by atoms with van der Waals surface area (Å²) >= 11 is 6.71. The second-order valence-electron chi connectivity index (χ2n) is 3.47. The van der Waals surface area contributed by atoms with Gasteiger partial charge in [0.05, 0.1) is 6.33 Å². The number of aromatic nitrogens is 2. The second kappa shape index (κ2) is 5.36. The van der Waals surface area contributed by atoms with Crippen LogP contribution < -0.4 is 5.56 Å². The fraction of sp³-hybridized carbons (Fsp3) is 0.444. The molecule has 2 N–H and O–H groups in total. The van der Waals surface area contributed by atoms with Crippen LogP contribution in [-0.4, -0.2) is 26.3 Å². The van der Waals surface area contributed by atoms with Gasteiger partial charge in [0.15, 0.2) is 0 Å². The van der Waals surface area contributed by atoms with Crippen LogP contribution in [-0.2, 0) is 4.79 Å². The molecule has 16 heavy (non-hydrogen) atoms. The number of halogens is 1. The average Bonchev–Trinajstić information content (AvgIpc) is 2.19. The number of carboxylic acids is 1. The predicted molar refractivity (Wildman–Crippen MR) is 62.0 cm³/mol. The van der Waals surface area contributed by atoms with E-state index in [1.807, 2.05) is 0 Å². The van der Waals surface area contributed by atoms with E-state index >= 15 is 0 Å². The van der Waals surface area contributed by atoms with Crippen LogP contribution in [0.25, 0.3) is 0 Å². The van der Waals surface area contributed by atoms with Crippen molar-refractivity contribution in [3.63, 3.8) is 0 Å². The highest BCUT2D eigenvalue weighted by atomic mass is 35.5. The van der Waals surface area contributed by atoms with E-state index in [2.05, 4.69) is 9.97 Å². The van der Waals surface area contributed by atoms with Crippen molar-refractivity contribution >= 4 is 29.3 Å². The predicted octanol–water partition coefficient (Wildman–Crippen LogP) is 1.62. The number of nitrogens with zero attached hydrogens (tertiary/aromatic N) is 1. The number of aromatic amines is 1. The maximum atomic E-state index is 11.2. The van der Waals surface area contributed by atoms with Gasteiger partial charge in [0.1, 0.15) is 15.3 Å². The molecule has 88 valence electrons. The summed E-state index contributed by atoms with van der Waals surface area (Å²) in [6, 6.07) is 0. The molecule has 0 radical (unpaired) electrons. The normalized spacial score (nSPS) is 12.8. The van der Waals surface area contributed by atoms with Gasteiger partial charge in [-0.2, -0.15) is 0 Å². The smallest absolute Gasteiger partial charge is 0.317 e. The first kappa shape index (κ1) is 13.1. The van der Waals surface area contributed by atoms with Crippen LogP contribution in [0.5, 0.6) is 0 Å². The quantitative estimate of drug-likeness (QED) is 0.636. The van der Waals surface area contributed by atoms with Crippen molar-refractivity contribution in [2.24, 2.45) is 5.92 Å². The van der Waals surface area contributed by atoms with Gasteiger partial charge in [-0.3, -0.25) is 9.59 Å². The van der Waals surface area contributed by atoms with Gasteiger partial charge in [-0.25, -0.2) is 4.98 Å². The highest BCUT2D eigenvalue weighted by molar-refractivity contribution is 8.00. The zero-order valence-electron chi connectivity index (χ0n) is 8.73. The lowest BCUT2D eigenvalue weighted by atomic mass is 10.1. The van der Waals surface area contributed by atoms with E-state index in [1.165, 1.54) is 6.33 Å². The minimum Gasteiger partial charge on any atom is -0.480 e. The maximum absolute atomic E-state index is 11.2. The van der Waals surface area contributed by atoms with E-state index in [0.29, 0.717) is 0 Å². The van der Waals surface area contributed by atoms with Crippen molar-refractivity contribution in [2.45, 2.75) is 24.1 Å². The Bertz CT molecular complexity index is 447. The van der Waals surface area contributed by atoms with Crippen molar-refractivity contribution < 1.29 is 9.90 Å². The number of H-pyrrole nitrogens is 1. The highest BCUT2D eigenvalue weighted by Gasteiger charge is 2.24. The lowest BCUT2D eigenvalue weighted by Gasteiger charge is -2.14. The first-order valence-electron chi connectivity index (χ1n) is 4.56. The molecule has 5 nitrogen and oxygen atoms in total. The van der Waals surface area contributed by atoms with Crippen LogP contribution in [0, 0.1) is 5.92 Å². The number of carboxylic acid groups (broad SMARTS) is 1. The van der Waals surface area contributed by atoms with E-state index < -0.39 is 16.8 Å². The Morgan fingerprint density at radius 2 is 2.25 bits per heavy atom. The summed E-state index contributed by atoms with van der Waals surface area (Å²) < 4.78 is 0. The molecule has 0 fully saturated rings. The molecule has 7 heteroatoms. The zero-order chi connectivity index (χ0) is 12.3. The Hall–Kier alpha value is -1.01. The molecule has 0 saturated heterocycles. The number of carbonyl (C=O) groups is 1. The fourth-order valence-corrected chi connectivity index (χ4v) is 2.20. The second-order valence-corrected chi connectivity index (χ2v) is 4.98. The van der Waals surface area contributed by atoms with Gasteiger partial charge < -0.3 is 10.1 Å². The van der Waals surface area contributed by atoms with E-state index in [-0.39, 0.29) is 16.0 Å². The molecule has 1 rings (SSSR count). The number of aliphatic carboxylic acids is 1. The highest BCUT2D eigenvalue weighted by Crippen LogP contribution is 2.29. The van der Waals surface area contributed by atoms with Crippen molar-refractivity contribution in [1.82, 2.24) is 9.97 Å². The van der Waals surface area contributed by atoms with Gasteiger partial charge in [-0.1, -0.05) is 37.2 Å². The Kier molecular flexibility index (Phi) is 4.37. The molecule has 0 aliphatic heterocycles. The summed E-state index contributed by atoms with van der Waals surface area (Å²) in [6.45, 7) is 3.57. The summed E-state index contributed by atoms with van der Waals surface area (Å²) in [5.74, 6) is -1.03. The molecule has 0 saturated carbocycles. The van der Waals surface area contributed by atoms with Crippen molar-refractivity contribution in [3.05, 3.63) is 21.7 Å². The van der Waals surface area contributed by atoms with Gasteiger partial charge in [-0.05, 0) is 5.92 Å². The molecule has 0 amide bonds. The van der Waals surface area contributed by atoms with Gasteiger partial charge in [-0.15, -0.1) is 0 Å². The topological polar surface area (TPSA) is 83.0 Å². The first-order valence-corrected chi connectivity index (χ1v) is 5.82. The summed E-state index contributed by atoms with van der Waals surface area (Å²) in [4.78, 5) is 28.3. The lowest BCUT2D eigenvalue weighted by Crippen LogP contribution is -2.23. The van der Waals surface area contributed by atoms with Gasteiger partial charge >= 0.3 is 5.97 Å². The third kappa shape index (κ3) is 2.99. The fourth-order valence-electron chi connectivity index (χ4n) is 1.04. The van der Waals surface area contributed by atoms with Crippen LogP contribution in [0.4, 0.5) is 0 Å². The molecule has 1 aromatic rings. The van der Waals surface area contributed by atoms with E-state index in [4.69, 9.17) is 16.7 Å². The average molecular weight is 263 g/mol. The maximum Gasteiger partial charge on any atom is 0.317 e. The molecule has 1 heterocycles. The largest absolute Gasteiger partial charge is 0.480 e. The van der Waals surface area contributed by atoms with Gasteiger partial charge in [0.25, 0.3) is 5.56 Å². The number of thioether (sulfide) groups is 1. The first-order chi connectivity index (χ1) is 7.43. The molecule has 0 bridgehead atoms. The summed E-state index contributed by atoms with van der Waals surface area (Å²) in [5.41, 5.74) is -0.466. The SMILES string of the molecule is CC(C)C(Sc1nc[nH]c(=O)c1Cl)C(=O)O. The molecule has 1 unspecified atom stereocenters. The molecule has 0 aromatic carbocycles. The minimum atomic E-state index is -0.946. The van der Waals surface area contributed by atoms with Crippen LogP contribution in [0.2, 0.25) is 5.02 Å². The Labute approximate surface area is 101 Å². The standard InChI is InChI=1S/C9H11ClN2O3S/c1-4(2)6(9(14)15)16-8-5(10)7(13)11-3-12-8/h3-4,6H,1-2H3,(H,14,15)(H,11,12,13). The van der Waals surface area contributed by atoms with E-state index in [0.717, 1.165) is 11.8 Å². The Morgan fingerprint density at radius 1 is 1.62 bits per heavy atom. The third-order valence-corrected chi connectivity index (χ3v) is 3.85. The number of rotatable bonds is 4. The minimum absolute atomic E-state index is 0.0700. The van der Waals surface area contributed by atoms with E-state index in [1.54, 1.807) is 13.8 Å². The van der Waals surface area contributed by atoms with Crippen LogP contribution in [0.1, 0.15) is 13.8 Å². The van der Waals surface area contributed by atoms with Crippen LogP contribution >= 0.6 is 23.4 Å². The van der Waals surface area contributed by atoms with Crippen molar-refractivity contribution in [2.75, 3.05) is 0 Å². The molecular formula is C9H11ClN2O3S. The zero-order valence-corrected chi connectivity index (χ0v) is 10.3. The third-order valence-electron chi connectivity index (χ3n) is 1.85. The van der Waals surface area contributed by atoms with Crippen molar-refractivity contribution in [1.29, 1.82) is 0 Å². The molecule has 1 aromatic heterocycles. The summed E-state index contributed by atoms with van der Waals surface area (Å²) in [6.07, 6.45) is 1.20. The Morgan fingerprint density at radius 3 is 2.75 bits per heavy atom. The summed E-state index contributed by atoms with van der Waals surface area (Å²) in [7, 11) is 0. The molecule has 0 spiro atoms. The van der Waals surface area contributed by atoms with Crippen molar-refractivity contribution in [3.8, 4) is 0 Å². The number of hydrogen-bond acceptors (Lipinski definition) is 4. The summed E-state index contributed by atoms with van der Waals surface area (Å²) in [5, 5.41) is 8.49.